The number of benzene rings is 1. The Morgan fingerprint density at radius 2 is 1.63 bits per heavy atom. The summed E-state index contributed by atoms with van der Waals surface area (Å²) in [7, 11) is 0. The van der Waals surface area contributed by atoms with Crippen LogP contribution in [0.25, 0.3) is 0 Å². The van der Waals surface area contributed by atoms with Crippen molar-refractivity contribution in [1.82, 2.24) is 19.9 Å². The number of alkyl halides is 4. The molecule has 7 nitrogen and oxygen atoms in total. The van der Waals surface area contributed by atoms with E-state index < -0.39 is 30.6 Å². The summed E-state index contributed by atoms with van der Waals surface area (Å²) in [5, 5.41) is 7.68. The monoisotopic (exact) mass is 388 g/mol. The number of rotatable bonds is 6. The highest BCUT2D eigenvalue weighted by Gasteiger charge is 2.26. The van der Waals surface area contributed by atoms with Gasteiger partial charge >= 0.3 is 13.2 Å². The van der Waals surface area contributed by atoms with Gasteiger partial charge in [0.25, 0.3) is 5.91 Å². The largest absolute Gasteiger partial charge is 0.435 e. The van der Waals surface area contributed by atoms with Gasteiger partial charge in [-0.25, -0.2) is 4.68 Å². The standard InChI is InChI=1S/C16H16F4N4O3/c17-15(18)26-12-7-10(8-13(9-12)27-16(19)20)14(25)23-4-1-11(2-5-23)24-6-3-21-22-24/h3,6-9,11,15-16H,1-2,4-5H2. The van der Waals surface area contributed by atoms with Crippen molar-refractivity contribution in [3.8, 4) is 11.5 Å². The van der Waals surface area contributed by atoms with E-state index in [0.717, 1.165) is 18.2 Å². The van der Waals surface area contributed by atoms with Gasteiger partial charge in [-0.2, -0.15) is 17.6 Å². The van der Waals surface area contributed by atoms with Gasteiger partial charge in [0, 0.05) is 30.9 Å². The Morgan fingerprint density at radius 1 is 1.04 bits per heavy atom. The maximum atomic E-state index is 12.7. The number of carbonyl (C=O) groups is 1. The normalized spacial score (nSPS) is 15.4. The molecule has 0 aliphatic carbocycles. The molecule has 2 heterocycles. The minimum absolute atomic E-state index is 0.0667. The highest BCUT2D eigenvalue weighted by Crippen LogP contribution is 2.28. The topological polar surface area (TPSA) is 69.5 Å². The van der Waals surface area contributed by atoms with Crippen LogP contribution in [0.5, 0.6) is 11.5 Å². The van der Waals surface area contributed by atoms with E-state index in [-0.39, 0.29) is 11.6 Å². The third-order valence-electron chi connectivity index (χ3n) is 4.14. The smallest absolute Gasteiger partial charge is 0.387 e. The average molecular weight is 388 g/mol. The first-order chi connectivity index (χ1) is 12.9. The molecule has 1 fully saturated rings. The zero-order valence-corrected chi connectivity index (χ0v) is 14.0. The molecule has 3 rings (SSSR count). The first kappa shape index (κ1) is 18.9. The van der Waals surface area contributed by atoms with E-state index in [9.17, 15) is 22.4 Å². The fraction of sp³-hybridized carbons (Fsp3) is 0.438. The lowest BCUT2D eigenvalue weighted by molar-refractivity contribution is -0.0543. The third-order valence-corrected chi connectivity index (χ3v) is 4.14. The number of ether oxygens (including phenoxy) is 2. The minimum Gasteiger partial charge on any atom is -0.435 e. The molecule has 0 saturated carbocycles. The van der Waals surface area contributed by atoms with Crippen molar-refractivity contribution in [2.75, 3.05) is 13.1 Å². The molecule has 1 amide bonds. The summed E-state index contributed by atoms with van der Waals surface area (Å²) < 4.78 is 60.0. The van der Waals surface area contributed by atoms with Gasteiger partial charge in [0.2, 0.25) is 0 Å². The number of likely N-dealkylation sites (tertiary alicyclic amines) is 1. The predicted molar refractivity (Wildman–Crippen MR) is 83.9 cm³/mol. The first-order valence-corrected chi connectivity index (χ1v) is 8.12. The summed E-state index contributed by atoms with van der Waals surface area (Å²) in [6.45, 7) is -5.52. The van der Waals surface area contributed by atoms with Gasteiger partial charge in [-0.1, -0.05) is 5.21 Å². The van der Waals surface area contributed by atoms with E-state index in [1.54, 1.807) is 17.1 Å². The highest BCUT2D eigenvalue weighted by molar-refractivity contribution is 5.95. The lowest BCUT2D eigenvalue weighted by Crippen LogP contribution is -2.39. The molecule has 0 N–H and O–H groups in total. The van der Waals surface area contributed by atoms with Crippen molar-refractivity contribution in [2.45, 2.75) is 32.1 Å². The molecule has 146 valence electrons. The summed E-state index contributed by atoms with van der Waals surface area (Å²) in [6.07, 6.45) is 4.56. The SMILES string of the molecule is O=C(c1cc(OC(F)F)cc(OC(F)F)c1)N1CCC(n2ccnn2)CC1. The van der Waals surface area contributed by atoms with Gasteiger partial charge in [0.1, 0.15) is 11.5 Å². The zero-order valence-electron chi connectivity index (χ0n) is 14.0. The van der Waals surface area contributed by atoms with E-state index in [0.29, 0.717) is 25.9 Å². The molecule has 1 aliphatic rings. The van der Waals surface area contributed by atoms with Crippen LogP contribution in [0.1, 0.15) is 29.2 Å². The second kappa shape index (κ2) is 8.23. The fourth-order valence-corrected chi connectivity index (χ4v) is 2.97. The minimum atomic E-state index is -3.16. The maximum absolute atomic E-state index is 12.7. The summed E-state index contributed by atoms with van der Waals surface area (Å²) in [5.74, 6) is -1.33. The number of nitrogens with zero attached hydrogens (tertiary/aromatic N) is 4. The molecule has 1 saturated heterocycles. The molecule has 0 bridgehead atoms. The quantitative estimate of drug-likeness (QED) is 0.712. The Balaban J connectivity index is 1.73. The molecule has 1 aromatic heterocycles. The number of hydrogen-bond donors (Lipinski definition) is 0. The summed E-state index contributed by atoms with van der Waals surface area (Å²) >= 11 is 0. The summed E-state index contributed by atoms with van der Waals surface area (Å²) in [5.41, 5.74) is -0.0667. The molecule has 2 aromatic rings. The van der Waals surface area contributed by atoms with Gasteiger partial charge in [-0.05, 0) is 25.0 Å². The average Bonchev–Trinajstić information content (AvgIpc) is 3.14. The van der Waals surface area contributed by atoms with Crippen LogP contribution in [0.4, 0.5) is 17.6 Å². The van der Waals surface area contributed by atoms with E-state index in [1.165, 1.54) is 4.90 Å². The molecule has 1 aromatic carbocycles. The maximum Gasteiger partial charge on any atom is 0.387 e. The molecular weight excluding hydrogens is 372 g/mol. The number of halogens is 4. The molecule has 0 atom stereocenters. The van der Waals surface area contributed by atoms with Crippen molar-refractivity contribution in [1.29, 1.82) is 0 Å². The third kappa shape index (κ3) is 4.86. The molecule has 11 heteroatoms. The number of aromatic nitrogens is 3. The van der Waals surface area contributed by atoms with Crippen LogP contribution in [-0.4, -0.2) is 52.1 Å². The van der Waals surface area contributed by atoms with Crippen molar-refractivity contribution in [3.05, 3.63) is 36.2 Å². The summed E-state index contributed by atoms with van der Waals surface area (Å²) in [6, 6.07) is 3.14. The first-order valence-electron chi connectivity index (χ1n) is 8.12. The Morgan fingerprint density at radius 3 is 2.11 bits per heavy atom. The Bertz CT molecular complexity index is 737. The van der Waals surface area contributed by atoms with E-state index >= 15 is 0 Å². The number of hydrogen-bond acceptors (Lipinski definition) is 5. The zero-order chi connectivity index (χ0) is 19.4. The van der Waals surface area contributed by atoms with E-state index in [2.05, 4.69) is 19.8 Å². The molecular formula is C16H16F4N4O3. The van der Waals surface area contributed by atoms with Gasteiger partial charge in [-0.15, -0.1) is 5.10 Å². The molecule has 0 spiro atoms. The van der Waals surface area contributed by atoms with Crippen LogP contribution in [0, 0.1) is 0 Å². The fourth-order valence-electron chi connectivity index (χ4n) is 2.97. The van der Waals surface area contributed by atoms with Crippen LogP contribution in [-0.2, 0) is 0 Å². The lowest BCUT2D eigenvalue weighted by atomic mass is 10.0. The summed E-state index contributed by atoms with van der Waals surface area (Å²) in [4.78, 5) is 14.2. The highest BCUT2D eigenvalue weighted by atomic mass is 19.3. The van der Waals surface area contributed by atoms with Gasteiger partial charge < -0.3 is 14.4 Å². The number of amides is 1. The van der Waals surface area contributed by atoms with Crippen LogP contribution >= 0.6 is 0 Å². The van der Waals surface area contributed by atoms with E-state index in [1.807, 2.05) is 0 Å². The van der Waals surface area contributed by atoms with Crippen molar-refractivity contribution in [2.24, 2.45) is 0 Å². The van der Waals surface area contributed by atoms with Gasteiger partial charge in [0.05, 0.1) is 12.2 Å². The van der Waals surface area contributed by atoms with Gasteiger partial charge in [-0.3, -0.25) is 4.79 Å². The Hall–Kier alpha value is -2.85. The van der Waals surface area contributed by atoms with Gasteiger partial charge in [0.15, 0.2) is 0 Å². The predicted octanol–water partition coefficient (Wildman–Crippen LogP) is 2.96. The molecule has 1 aliphatic heterocycles. The van der Waals surface area contributed by atoms with Crippen LogP contribution in [0.2, 0.25) is 0 Å². The van der Waals surface area contributed by atoms with Crippen LogP contribution in [0.15, 0.2) is 30.6 Å². The lowest BCUT2D eigenvalue weighted by Gasteiger charge is -2.32. The second-order valence-electron chi connectivity index (χ2n) is 5.86. The molecule has 0 unspecified atom stereocenters. The Labute approximate surface area is 151 Å². The van der Waals surface area contributed by atoms with Crippen molar-refractivity contribution in [3.63, 3.8) is 0 Å². The van der Waals surface area contributed by atoms with Crippen molar-refractivity contribution >= 4 is 5.91 Å². The molecule has 27 heavy (non-hydrogen) atoms. The van der Waals surface area contributed by atoms with E-state index in [4.69, 9.17) is 0 Å². The number of piperidine rings is 1. The van der Waals surface area contributed by atoms with Crippen molar-refractivity contribution < 1.29 is 31.8 Å². The number of carbonyl (C=O) groups excluding carboxylic acids is 1. The van der Waals surface area contributed by atoms with Crippen LogP contribution < -0.4 is 9.47 Å². The molecule has 0 radical (unpaired) electrons. The van der Waals surface area contributed by atoms with Crippen LogP contribution in [0.3, 0.4) is 0 Å². The second-order valence-corrected chi connectivity index (χ2v) is 5.86. The Kier molecular flexibility index (Phi) is 5.77.